The Morgan fingerprint density at radius 1 is 1.24 bits per heavy atom. The van der Waals surface area contributed by atoms with Gasteiger partial charge in [-0.1, -0.05) is 30.7 Å². The molecular formula is C16H20N2O2S. The Hall–Kier alpha value is -1.46. The molecule has 1 aromatic carbocycles. The molecule has 112 valence electrons. The monoisotopic (exact) mass is 304 g/mol. The molecule has 1 aromatic heterocycles. The van der Waals surface area contributed by atoms with E-state index in [2.05, 4.69) is 10.3 Å². The van der Waals surface area contributed by atoms with Crippen LogP contribution >= 0.6 is 0 Å². The van der Waals surface area contributed by atoms with Crippen molar-refractivity contribution in [3.8, 4) is 0 Å². The number of hydrogen-bond donors (Lipinski definition) is 1. The molecule has 0 aliphatic carbocycles. The number of nitrogens with zero attached hydrogens (tertiary/aromatic N) is 1. The lowest BCUT2D eigenvalue weighted by Crippen LogP contribution is -2.39. The maximum atomic E-state index is 12.4. The summed E-state index contributed by atoms with van der Waals surface area (Å²) in [5.41, 5.74) is 0.978. The van der Waals surface area contributed by atoms with E-state index in [4.69, 9.17) is 0 Å². The first kappa shape index (κ1) is 14.5. The summed E-state index contributed by atoms with van der Waals surface area (Å²) >= 11 is 0. The maximum absolute atomic E-state index is 12.4. The zero-order valence-corrected chi connectivity index (χ0v) is 12.9. The van der Waals surface area contributed by atoms with Crippen LogP contribution in [0.3, 0.4) is 0 Å². The van der Waals surface area contributed by atoms with Crippen LogP contribution < -0.4 is 5.32 Å². The first-order chi connectivity index (χ1) is 10.1. The summed E-state index contributed by atoms with van der Waals surface area (Å²) in [6.07, 6.45) is 6.09. The molecule has 1 fully saturated rings. The second-order valence-corrected chi connectivity index (χ2v) is 7.96. The Bertz CT molecular complexity index is 738. The minimum Gasteiger partial charge on any atom is -0.312 e. The van der Waals surface area contributed by atoms with Gasteiger partial charge in [-0.25, -0.2) is 8.42 Å². The van der Waals surface area contributed by atoms with E-state index in [1.54, 1.807) is 6.20 Å². The molecule has 5 heteroatoms. The van der Waals surface area contributed by atoms with Crippen molar-refractivity contribution in [2.45, 2.75) is 30.6 Å². The van der Waals surface area contributed by atoms with Gasteiger partial charge >= 0.3 is 0 Å². The van der Waals surface area contributed by atoms with Crippen LogP contribution in [0.1, 0.15) is 30.9 Å². The van der Waals surface area contributed by atoms with Crippen LogP contribution in [0.4, 0.5) is 0 Å². The van der Waals surface area contributed by atoms with E-state index < -0.39 is 9.84 Å². The van der Waals surface area contributed by atoms with Crippen LogP contribution in [0.5, 0.6) is 0 Å². The highest BCUT2D eigenvalue weighted by Crippen LogP contribution is 2.33. The second-order valence-electron chi connectivity index (χ2n) is 5.62. The molecule has 3 rings (SSSR count). The van der Waals surface area contributed by atoms with Gasteiger partial charge in [0.2, 0.25) is 0 Å². The molecule has 21 heavy (non-hydrogen) atoms. The molecule has 2 unspecified atom stereocenters. The fourth-order valence-electron chi connectivity index (χ4n) is 3.28. The Balaban J connectivity index is 2.10. The molecule has 2 atom stereocenters. The standard InChI is InChI=1S/C16H20N2O2S/c1-17-16(15-8-4-5-9-21(15,19)20)14-11-18-10-12-6-2-3-7-13(12)14/h2-3,6-7,10-11,15-17H,4-5,8-9H2,1H3. The third kappa shape index (κ3) is 2.68. The minimum atomic E-state index is -3.04. The SMILES string of the molecule is CNC(c1cncc2ccccc12)C1CCCCS1(=O)=O. The van der Waals surface area contributed by atoms with Gasteiger partial charge in [0.25, 0.3) is 0 Å². The van der Waals surface area contributed by atoms with Crippen LogP contribution in [-0.2, 0) is 9.84 Å². The number of aromatic nitrogens is 1. The van der Waals surface area contributed by atoms with Gasteiger partial charge in [0, 0.05) is 17.8 Å². The maximum Gasteiger partial charge on any atom is 0.155 e. The molecule has 2 aromatic rings. The molecule has 0 amide bonds. The molecule has 0 radical (unpaired) electrons. The van der Waals surface area contributed by atoms with Crippen molar-refractivity contribution in [1.82, 2.24) is 10.3 Å². The van der Waals surface area contributed by atoms with Crippen molar-refractivity contribution < 1.29 is 8.42 Å². The quantitative estimate of drug-likeness (QED) is 0.946. The summed E-state index contributed by atoms with van der Waals surface area (Å²) in [6.45, 7) is 0. The highest BCUT2D eigenvalue weighted by molar-refractivity contribution is 7.92. The number of sulfone groups is 1. The number of benzene rings is 1. The normalized spacial score (nSPS) is 23.0. The molecule has 1 N–H and O–H groups in total. The van der Waals surface area contributed by atoms with Gasteiger partial charge in [0.05, 0.1) is 17.0 Å². The first-order valence-corrected chi connectivity index (χ1v) is 9.06. The van der Waals surface area contributed by atoms with Crippen LogP contribution in [0.25, 0.3) is 10.8 Å². The zero-order chi connectivity index (χ0) is 14.9. The van der Waals surface area contributed by atoms with E-state index in [9.17, 15) is 8.42 Å². The average Bonchev–Trinajstić information content (AvgIpc) is 2.49. The van der Waals surface area contributed by atoms with E-state index in [1.165, 1.54) is 0 Å². The Labute approximate surface area is 125 Å². The fraction of sp³-hybridized carbons (Fsp3) is 0.438. The van der Waals surface area contributed by atoms with Gasteiger partial charge in [-0.05, 0) is 30.8 Å². The molecule has 1 saturated heterocycles. The first-order valence-electron chi connectivity index (χ1n) is 7.35. The molecule has 0 bridgehead atoms. The van der Waals surface area contributed by atoms with E-state index >= 15 is 0 Å². The Kier molecular flexibility index (Phi) is 3.95. The van der Waals surface area contributed by atoms with Crippen molar-refractivity contribution in [1.29, 1.82) is 0 Å². The van der Waals surface area contributed by atoms with Gasteiger partial charge in [-0.15, -0.1) is 0 Å². The van der Waals surface area contributed by atoms with E-state index in [-0.39, 0.29) is 11.3 Å². The average molecular weight is 304 g/mol. The molecule has 1 aliphatic heterocycles. The van der Waals surface area contributed by atoms with E-state index in [0.717, 1.165) is 35.6 Å². The molecule has 2 heterocycles. The molecule has 0 spiro atoms. The highest BCUT2D eigenvalue weighted by atomic mass is 32.2. The van der Waals surface area contributed by atoms with Crippen LogP contribution in [-0.4, -0.2) is 31.5 Å². The van der Waals surface area contributed by atoms with E-state index in [1.807, 2.05) is 37.5 Å². The van der Waals surface area contributed by atoms with Gasteiger partial charge in [0.1, 0.15) is 0 Å². The van der Waals surface area contributed by atoms with Gasteiger partial charge < -0.3 is 5.32 Å². The summed E-state index contributed by atoms with van der Waals surface area (Å²) in [7, 11) is -1.21. The van der Waals surface area contributed by atoms with Crippen LogP contribution in [0.2, 0.25) is 0 Å². The third-order valence-corrected chi connectivity index (χ3v) is 6.63. The lowest BCUT2D eigenvalue weighted by molar-refractivity contribution is 0.470. The predicted molar refractivity (Wildman–Crippen MR) is 85.0 cm³/mol. The summed E-state index contributed by atoms with van der Waals surface area (Å²) in [6, 6.07) is 7.79. The number of hydrogen-bond acceptors (Lipinski definition) is 4. The van der Waals surface area contributed by atoms with Crippen molar-refractivity contribution in [3.63, 3.8) is 0 Å². The minimum absolute atomic E-state index is 0.200. The van der Waals surface area contributed by atoms with Crippen molar-refractivity contribution in [2.24, 2.45) is 0 Å². The molecule has 1 aliphatic rings. The highest BCUT2D eigenvalue weighted by Gasteiger charge is 2.36. The van der Waals surface area contributed by atoms with Crippen molar-refractivity contribution >= 4 is 20.6 Å². The number of fused-ring (bicyclic) bond motifs is 1. The van der Waals surface area contributed by atoms with Gasteiger partial charge in [-0.3, -0.25) is 4.98 Å². The predicted octanol–water partition coefficient (Wildman–Crippen LogP) is 2.46. The topological polar surface area (TPSA) is 59.1 Å². The lowest BCUT2D eigenvalue weighted by Gasteiger charge is -2.30. The fourth-order valence-corrected chi connectivity index (χ4v) is 5.42. The summed E-state index contributed by atoms with van der Waals surface area (Å²) in [5.74, 6) is 0.300. The number of pyridine rings is 1. The van der Waals surface area contributed by atoms with Crippen molar-refractivity contribution in [2.75, 3.05) is 12.8 Å². The molecule has 4 nitrogen and oxygen atoms in total. The lowest BCUT2D eigenvalue weighted by atomic mass is 9.96. The zero-order valence-electron chi connectivity index (χ0n) is 12.1. The van der Waals surface area contributed by atoms with Crippen LogP contribution in [0, 0.1) is 0 Å². The third-order valence-electron chi connectivity index (χ3n) is 4.35. The van der Waals surface area contributed by atoms with Crippen LogP contribution in [0.15, 0.2) is 36.7 Å². The van der Waals surface area contributed by atoms with E-state index in [0.29, 0.717) is 5.75 Å². The van der Waals surface area contributed by atoms with Gasteiger partial charge in [0.15, 0.2) is 9.84 Å². The number of nitrogens with one attached hydrogen (secondary N) is 1. The summed E-state index contributed by atoms with van der Waals surface area (Å²) in [4.78, 5) is 4.29. The molecular weight excluding hydrogens is 284 g/mol. The molecule has 0 saturated carbocycles. The summed E-state index contributed by atoms with van der Waals surface area (Å²) < 4.78 is 24.9. The summed E-state index contributed by atoms with van der Waals surface area (Å²) in [5, 5.41) is 4.98. The van der Waals surface area contributed by atoms with Crippen molar-refractivity contribution in [3.05, 3.63) is 42.2 Å². The Morgan fingerprint density at radius 2 is 2.05 bits per heavy atom. The van der Waals surface area contributed by atoms with Gasteiger partial charge in [-0.2, -0.15) is 0 Å². The largest absolute Gasteiger partial charge is 0.312 e. The second kappa shape index (κ2) is 5.73. The Morgan fingerprint density at radius 3 is 2.81 bits per heavy atom. The number of rotatable bonds is 3. The smallest absolute Gasteiger partial charge is 0.155 e.